The Hall–Kier alpha value is -3.74. The summed E-state index contributed by atoms with van der Waals surface area (Å²) in [6.45, 7) is 7.33. The fourth-order valence-electron chi connectivity index (χ4n) is 4.12. The van der Waals surface area contributed by atoms with Gasteiger partial charge in [0.25, 0.3) is 0 Å². The van der Waals surface area contributed by atoms with E-state index in [2.05, 4.69) is 46.2 Å². The fourth-order valence-corrected chi connectivity index (χ4v) is 4.12. The van der Waals surface area contributed by atoms with Crippen molar-refractivity contribution in [3.05, 3.63) is 83.1 Å². The molecule has 5 rings (SSSR count). The van der Waals surface area contributed by atoms with Crippen LogP contribution in [0.15, 0.2) is 65.9 Å². The van der Waals surface area contributed by atoms with Gasteiger partial charge in [0, 0.05) is 18.7 Å². The standard InChI is InChI=1S/C25H26N4O3/c1-17-5-8-20(9-6-17)25(3)29-11-12-31-23(24(29)27-32-25)14-19-7-10-21(22(13-19)30-4)28-15-18(2)26-16-28/h5-10,13-16H,11-12H2,1-4H3/b23-14-/t25-/m1/s1. The van der Waals surface area contributed by atoms with Crippen molar-refractivity contribution in [2.45, 2.75) is 26.5 Å². The first-order valence-electron chi connectivity index (χ1n) is 10.6. The van der Waals surface area contributed by atoms with E-state index in [1.165, 1.54) is 5.56 Å². The van der Waals surface area contributed by atoms with E-state index < -0.39 is 5.72 Å². The van der Waals surface area contributed by atoms with E-state index in [0.29, 0.717) is 24.7 Å². The lowest BCUT2D eigenvalue weighted by Gasteiger charge is -2.37. The van der Waals surface area contributed by atoms with Gasteiger partial charge in [-0.2, -0.15) is 0 Å². The van der Waals surface area contributed by atoms with Crippen LogP contribution < -0.4 is 4.74 Å². The van der Waals surface area contributed by atoms with E-state index in [1.54, 1.807) is 13.4 Å². The van der Waals surface area contributed by atoms with Crippen LogP contribution in [0.25, 0.3) is 11.8 Å². The molecule has 0 N–H and O–H groups in total. The number of benzene rings is 2. The quantitative estimate of drug-likeness (QED) is 0.615. The van der Waals surface area contributed by atoms with E-state index in [4.69, 9.17) is 14.3 Å². The maximum Gasteiger partial charge on any atom is 0.234 e. The Morgan fingerprint density at radius 3 is 2.66 bits per heavy atom. The Morgan fingerprint density at radius 2 is 1.94 bits per heavy atom. The molecule has 164 valence electrons. The van der Waals surface area contributed by atoms with E-state index >= 15 is 0 Å². The van der Waals surface area contributed by atoms with E-state index in [-0.39, 0.29) is 0 Å². The van der Waals surface area contributed by atoms with Crippen LogP contribution in [0.2, 0.25) is 0 Å². The molecule has 2 aliphatic rings. The predicted molar refractivity (Wildman–Crippen MR) is 123 cm³/mol. The van der Waals surface area contributed by atoms with Gasteiger partial charge in [-0.15, -0.1) is 0 Å². The molecule has 3 aromatic rings. The van der Waals surface area contributed by atoms with Crippen LogP contribution in [0.5, 0.6) is 5.75 Å². The molecule has 1 fully saturated rings. The van der Waals surface area contributed by atoms with Gasteiger partial charge >= 0.3 is 0 Å². The number of aryl methyl sites for hydroxylation is 2. The van der Waals surface area contributed by atoms with Crippen molar-refractivity contribution < 1.29 is 14.3 Å². The summed E-state index contributed by atoms with van der Waals surface area (Å²) in [5, 5.41) is 4.40. The zero-order valence-electron chi connectivity index (χ0n) is 18.7. The second-order valence-electron chi connectivity index (χ2n) is 8.22. The van der Waals surface area contributed by atoms with E-state index in [0.717, 1.165) is 28.3 Å². The second kappa shape index (κ2) is 7.75. The molecule has 32 heavy (non-hydrogen) atoms. The van der Waals surface area contributed by atoms with Crippen LogP contribution in [0.3, 0.4) is 0 Å². The van der Waals surface area contributed by atoms with Crippen molar-refractivity contribution in [2.24, 2.45) is 5.16 Å². The number of morpholine rings is 1. The molecule has 7 heteroatoms. The minimum absolute atomic E-state index is 0.555. The average molecular weight is 431 g/mol. The lowest BCUT2D eigenvalue weighted by Crippen LogP contribution is -2.48. The number of amidine groups is 1. The molecule has 0 bridgehead atoms. The van der Waals surface area contributed by atoms with Crippen molar-refractivity contribution >= 4 is 11.9 Å². The van der Waals surface area contributed by atoms with Crippen LogP contribution in [0.4, 0.5) is 0 Å². The van der Waals surface area contributed by atoms with Gasteiger partial charge in [-0.25, -0.2) is 4.98 Å². The largest absolute Gasteiger partial charge is 0.495 e. The van der Waals surface area contributed by atoms with Crippen LogP contribution in [-0.4, -0.2) is 40.5 Å². The smallest absolute Gasteiger partial charge is 0.234 e. The Bertz CT molecular complexity index is 1210. The highest BCUT2D eigenvalue weighted by molar-refractivity contribution is 6.01. The highest BCUT2D eigenvalue weighted by Crippen LogP contribution is 2.38. The zero-order chi connectivity index (χ0) is 22.3. The molecule has 0 unspecified atom stereocenters. The summed E-state index contributed by atoms with van der Waals surface area (Å²) >= 11 is 0. The molecule has 0 radical (unpaired) electrons. The van der Waals surface area contributed by atoms with Crippen LogP contribution in [0.1, 0.15) is 29.3 Å². The summed E-state index contributed by atoms with van der Waals surface area (Å²) < 4.78 is 13.6. The number of nitrogens with zero attached hydrogens (tertiary/aromatic N) is 4. The molecule has 0 aliphatic carbocycles. The Kier molecular flexibility index (Phi) is 4.89. The summed E-state index contributed by atoms with van der Waals surface area (Å²) in [7, 11) is 1.67. The van der Waals surface area contributed by atoms with Gasteiger partial charge in [0.15, 0.2) is 5.76 Å². The highest BCUT2D eigenvalue weighted by atomic mass is 16.7. The minimum atomic E-state index is -0.660. The second-order valence-corrected chi connectivity index (χ2v) is 8.22. The molecule has 0 saturated carbocycles. The van der Waals surface area contributed by atoms with Gasteiger partial charge < -0.3 is 23.8 Å². The highest BCUT2D eigenvalue weighted by Gasteiger charge is 2.46. The fraction of sp³-hybridized carbons (Fsp3) is 0.280. The molecular formula is C25H26N4O3. The molecule has 1 aromatic heterocycles. The van der Waals surface area contributed by atoms with Crippen molar-refractivity contribution in [2.75, 3.05) is 20.3 Å². The third-order valence-electron chi connectivity index (χ3n) is 5.95. The minimum Gasteiger partial charge on any atom is -0.495 e. The molecule has 3 heterocycles. The molecule has 7 nitrogen and oxygen atoms in total. The number of hydrogen-bond acceptors (Lipinski definition) is 6. The molecule has 2 aliphatic heterocycles. The predicted octanol–water partition coefficient (Wildman–Crippen LogP) is 4.39. The summed E-state index contributed by atoms with van der Waals surface area (Å²) in [6, 6.07) is 14.4. The van der Waals surface area contributed by atoms with E-state index in [9.17, 15) is 0 Å². The van der Waals surface area contributed by atoms with Crippen molar-refractivity contribution in [1.82, 2.24) is 14.5 Å². The van der Waals surface area contributed by atoms with Gasteiger partial charge in [0.05, 0.1) is 31.4 Å². The zero-order valence-corrected chi connectivity index (χ0v) is 18.7. The summed E-state index contributed by atoms with van der Waals surface area (Å²) in [4.78, 5) is 12.4. The topological polar surface area (TPSA) is 61.1 Å². The third kappa shape index (κ3) is 3.39. The summed E-state index contributed by atoms with van der Waals surface area (Å²) in [6.07, 6.45) is 5.72. The Balaban J connectivity index is 1.45. The Labute approximate surface area is 187 Å². The first-order valence-corrected chi connectivity index (χ1v) is 10.6. The number of hydrogen-bond donors (Lipinski definition) is 0. The van der Waals surface area contributed by atoms with Gasteiger partial charge in [-0.1, -0.05) is 41.1 Å². The molecule has 1 saturated heterocycles. The first kappa shape index (κ1) is 20.2. The number of imidazole rings is 1. The number of oxime groups is 1. The first-order chi connectivity index (χ1) is 15.5. The number of aromatic nitrogens is 2. The molecule has 0 spiro atoms. The van der Waals surface area contributed by atoms with Crippen LogP contribution in [0, 0.1) is 13.8 Å². The molecule has 0 amide bonds. The normalized spacial score (nSPS) is 21.1. The summed E-state index contributed by atoms with van der Waals surface area (Å²) in [5.41, 5.74) is 4.44. The molecule has 1 atom stereocenters. The third-order valence-corrected chi connectivity index (χ3v) is 5.95. The summed E-state index contributed by atoms with van der Waals surface area (Å²) in [5.74, 6) is 2.13. The van der Waals surface area contributed by atoms with Crippen molar-refractivity contribution in [1.29, 1.82) is 0 Å². The monoisotopic (exact) mass is 430 g/mol. The van der Waals surface area contributed by atoms with E-state index in [1.807, 2.05) is 48.9 Å². The molecular weight excluding hydrogens is 404 g/mol. The number of ether oxygens (including phenoxy) is 2. The lowest BCUT2D eigenvalue weighted by molar-refractivity contribution is -0.0967. The van der Waals surface area contributed by atoms with Crippen molar-refractivity contribution in [3.8, 4) is 11.4 Å². The maximum atomic E-state index is 5.99. The van der Waals surface area contributed by atoms with Gasteiger partial charge in [-0.3, -0.25) is 0 Å². The molecule has 2 aromatic carbocycles. The maximum absolute atomic E-state index is 5.99. The van der Waals surface area contributed by atoms with Crippen LogP contribution >= 0.6 is 0 Å². The number of rotatable bonds is 4. The average Bonchev–Trinajstić information content (AvgIpc) is 3.39. The lowest BCUT2D eigenvalue weighted by atomic mass is 10.0. The SMILES string of the molecule is COc1cc(/C=C2\OCCN3C2=NO[C@]3(C)c2ccc(C)cc2)ccc1-n1cnc(C)c1. The Morgan fingerprint density at radius 1 is 1.12 bits per heavy atom. The van der Waals surface area contributed by atoms with Gasteiger partial charge in [0.1, 0.15) is 12.4 Å². The van der Waals surface area contributed by atoms with Crippen LogP contribution in [-0.2, 0) is 15.3 Å². The van der Waals surface area contributed by atoms with Crippen molar-refractivity contribution in [3.63, 3.8) is 0 Å². The van der Waals surface area contributed by atoms with Gasteiger partial charge in [-0.05, 0) is 37.6 Å². The number of methoxy groups -OCH3 is 1. The number of fused-ring (bicyclic) bond motifs is 1. The van der Waals surface area contributed by atoms with Gasteiger partial charge in [0.2, 0.25) is 11.6 Å².